The molecule has 0 heterocycles. The zero-order valence-electron chi connectivity index (χ0n) is 12.0. The number of carbonyl (C=O) groups is 2. The van der Waals surface area contributed by atoms with Gasteiger partial charge in [-0.25, -0.2) is 13.6 Å². The van der Waals surface area contributed by atoms with Gasteiger partial charge in [0.25, 0.3) is 5.91 Å². The second kappa shape index (κ2) is 6.64. The molecule has 23 heavy (non-hydrogen) atoms. The van der Waals surface area contributed by atoms with E-state index in [2.05, 4.69) is 5.32 Å². The number of carbonyl (C=O) groups excluding carboxylic acids is 2. The lowest BCUT2D eigenvalue weighted by Gasteiger charge is -2.11. The highest BCUT2D eigenvalue weighted by Crippen LogP contribution is 2.38. The summed E-state index contributed by atoms with van der Waals surface area (Å²) in [7, 11) is -3.97. The molecule has 1 aliphatic carbocycles. The van der Waals surface area contributed by atoms with Gasteiger partial charge in [0.1, 0.15) is 0 Å². The summed E-state index contributed by atoms with van der Waals surface area (Å²) in [4.78, 5) is 23.0. The number of hydrogen-bond donors (Lipinski definition) is 2. The summed E-state index contributed by atoms with van der Waals surface area (Å²) < 4.78 is 27.4. The minimum absolute atomic E-state index is 0.0153. The summed E-state index contributed by atoms with van der Waals surface area (Å²) in [5, 5.41) is 7.15. The van der Waals surface area contributed by atoms with Crippen LogP contribution in [0.1, 0.15) is 13.3 Å². The Morgan fingerprint density at radius 3 is 2.30 bits per heavy atom. The van der Waals surface area contributed by atoms with Crippen LogP contribution in [0.4, 0.5) is 5.69 Å². The van der Waals surface area contributed by atoms with Crippen molar-refractivity contribution < 1.29 is 22.7 Å². The van der Waals surface area contributed by atoms with E-state index in [9.17, 15) is 18.0 Å². The molecule has 2 rings (SSSR count). The van der Waals surface area contributed by atoms with Crippen LogP contribution in [0.3, 0.4) is 0 Å². The Morgan fingerprint density at radius 1 is 1.35 bits per heavy atom. The number of nitrogens with two attached hydrogens (primary N) is 1. The van der Waals surface area contributed by atoms with Crippen LogP contribution in [0.15, 0.2) is 17.0 Å². The molecule has 0 saturated heterocycles. The molecule has 7 nitrogen and oxygen atoms in total. The topological polar surface area (TPSA) is 116 Å². The summed E-state index contributed by atoms with van der Waals surface area (Å²) in [6.07, 6.45) is 0.757. The molecule has 1 fully saturated rings. The maximum Gasteiger partial charge on any atom is 0.309 e. The first-order valence-electron chi connectivity index (χ1n) is 6.58. The number of primary sulfonamides is 1. The van der Waals surface area contributed by atoms with Crippen molar-refractivity contribution in [3.8, 4) is 0 Å². The van der Waals surface area contributed by atoms with Crippen molar-refractivity contribution in [1.29, 1.82) is 0 Å². The van der Waals surface area contributed by atoms with E-state index in [1.165, 1.54) is 0 Å². The van der Waals surface area contributed by atoms with E-state index in [4.69, 9.17) is 33.1 Å². The van der Waals surface area contributed by atoms with Crippen LogP contribution >= 0.6 is 23.2 Å². The minimum Gasteiger partial charge on any atom is -0.455 e. The molecule has 3 N–H and O–H groups in total. The van der Waals surface area contributed by atoms with E-state index in [0.717, 1.165) is 18.6 Å². The second-order valence-electron chi connectivity index (χ2n) is 5.28. The maximum atomic E-state index is 11.8. The van der Waals surface area contributed by atoms with Gasteiger partial charge in [0.2, 0.25) is 10.0 Å². The molecule has 10 heteroatoms. The Morgan fingerprint density at radius 2 is 1.87 bits per heavy atom. The maximum absolute atomic E-state index is 11.8. The van der Waals surface area contributed by atoms with E-state index in [1.807, 2.05) is 6.92 Å². The van der Waals surface area contributed by atoms with Crippen molar-refractivity contribution in [2.24, 2.45) is 17.0 Å². The lowest BCUT2D eigenvalue weighted by atomic mass is 10.3. The van der Waals surface area contributed by atoms with Crippen molar-refractivity contribution in [3.63, 3.8) is 0 Å². The molecule has 2 atom stereocenters. The van der Waals surface area contributed by atoms with Gasteiger partial charge in [-0.2, -0.15) is 0 Å². The van der Waals surface area contributed by atoms with Crippen molar-refractivity contribution >= 4 is 50.8 Å². The predicted molar refractivity (Wildman–Crippen MR) is 84.7 cm³/mol. The fraction of sp³-hybridized carbons (Fsp3) is 0.385. The highest BCUT2D eigenvalue weighted by Gasteiger charge is 2.40. The van der Waals surface area contributed by atoms with Crippen LogP contribution in [0.5, 0.6) is 0 Å². The normalized spacial score (nSPS) is 20.0. The number of esters is 1. The number of benzene rings is 1. The van der Waals surface area contributed by atoms with Crippen LogP contribution in [0, 0.1) is 11.8 Å². The third-order valence-electron chi connectivity index (χ3n) is 3.37. The van der Waals surface area contributed by atoms with Crippen LogP contribution in [-0.2, 0) is 24.3 Å². The van der Waals surface area contributed by atoms with Crippen LogP contribution < -0.4 is 10.5 Å². The van der Waals surface area contributed by atoms with Gasteiger partial charge in [0.15, 0.2) is 6.61 Å². The summed E-state index contributed by atoms with van der Waals surface area (Å²) in [5.74, 6) is -0.933. The third-order valence-corrected chi connectivity index (χ3v) is 4.86. The van der Waals surface area contributed by atoms with Gasteiger partial charge in [0.05, 0.1) is 26.5 Å². The highest BCUT2D eigenvalue weighted by molar-refractivity contribution is 7.89. The quantitative estimate of drug-likeness (QED) is 0.755. The number of halogens is 2. The molecule has 1 saturated carbocycles. The Labute approximate surface area is 143 Å². The van der Waals surface area contributed by atoms with E-state index < -0.39 is 28.5 Å². The molecule has 1 amide bonds. The molecule has 0 spiro atoms. The van der Waals surface area contributed by atoms with Gasteiger partial charge in [-0.3, -0.25) is 9.59 Å². The highest BCUT2D eigenvalue weighted by atomic mass is 35.5. The van der Waals surface area contributed by atoms with Crippen LogP contribution in [-0.4, -0.2) is 26.9 Å². The smallest absolute Gasteiger partial charge is 0.309 e. The van der Waals surface area contributed by atoms with Gasteiger partial charge in [0, 0.05) is 0 Å². The third kappa shape index (κ3) is 4.57. The number of amides is 1. The molecule has 1 aliphatic rings. The van der Waals surface area contributed by atoms with Gasteiger partial charge >= 0.3 is 5.97 Å². The molecule has 0 unspecified atom stereocenters. The monoisotopic (exact) mass is 380 g/mol. The first-order chi connectivity index (χ1) is 10.6. The predicted octanol–water partition coefficient (Wildman–Crippen LogP) is 1.78. The Bertz CT molecular complexity index is 743. The first-order valence-corrected chi connectivity index (χ1v) is 8.88. The lowest BCUT2D eigenvalue weighted by molar-refractivity contribution is -0.148. The molecule has 0 radical (unpaired) electrons. The SMILES string of the molecule is C[C@@H]1C[C@@H]1C(=O)OCC(=O)Nc1c(Cl)cc(S(N)(=O)=O)cc1Cl. The molecule has 1 aromatic rings. The van der Waals surface area contributed by atoms with E-state index in [-0.39, 0.29) is 32.5 Å². The molecule has 0 aromatic heterocycles. The fourth-order valence-corrected chi connectivity index (χ4v) is 3.18. The number of hydrogen-bond acceptors (Lipinski definition) is 5. The zero-order valence-corrected chi connectivity index (χ0v) is 14.3. The van der Waals surface area contributed by atoms with Crippen molar-refractivity contribution in [2.45, 2.75) is 18.2 Å². The summed E-state index contributed by atoms with van der Waals surface area (Å²) >= 11 is 11.8. The van der Waals surface area contributed by atoms with Crippen LogP contribution in [0.25, 0.3) is 0 Å². The average Bonchev–Trinajstić information content (AvgIpc) is 3.16. The number of ether oxygens (including phenoxy) is 1. The molecule has 0 aliphatic heterocycles. The zero-order chi connectivity index (χ0) is 17.4. The summed E-state index contributed by atoms with van der Waals surface area (Å²) in [6.45, 7) is 1.43. The van der Waals surface area contributed by atoms with Gasteiger partial charge in [-0.1, -0.05) is 30.1 Å². The van der Waals surface area contributed by atoms with Crippen LogP contribution in [0.2, 0.25) is 10.0 Å². The second-order valence-corrected chi connectivity index (χ2v) is 7.66. The van der Waals surface area contributed by atoms with Gasteiger partial charge in [-0.05, 0) is 24.5 Å². The first kappa shape index (κ1) is 18.0. The summed E-state index contributed by atoms with van der Waals surface area (Å²) in [5.41, 5.74) is 0.0153. The standard InChI is InChI=1S/C13H14Cl2N2O5S/c1-6-2-8(6)13(19)22-5-11(18)17-12-9(14)3-7(4-10(12)15)23(16,20)21/h3-4,6,8H,2,5H2,1H3,(H,17,18)(H2,16,20,21)/t6-,8+/m1/s1. The largest absolute Gasteiger partial charge is 0.455 e. The van der Waals surface area contributed by atoms with Crippen molar-refractivity contribution in [2.75, 3.05) is 11.9 Å². The molecule has 126 valence electrons. The number of nitrogens with one attached hydrogen (secondary N) is 1. The summed E-state index contributed by atoms with van der Waals surface area (Å²) in [6, 6.07) is 2.13. The Balaban J connectivity index is 2.02. The number of sulfonamides is 1. The number of anilines is 1. The van der Waals surface area contributed by atoms with Crippen molar-refractivity contribution in [3.05, 3.63) is 22.2 Å². The van der Waals surface area contributed by atoms with E-state index >= 15 is 0 Å². The molecule has 1 aromatic carbocycles. The Hall–Kier alpha value is -1.35. The molecular formula is C13H14Cl2N2O5S. The minimum atomic E-state index is -3.97. The average molecular weight is 381 g/mol. The lowest BCUT2D eigenvalue weighted by Crippen LogP contribution is -2.22. The fourth-order valence-electron chi connectivity index (χ4n) is 1.90. The number of rotatable bonds is 5. The van der Waals surface area contributed by atoms with E-state index in [1.54, 1.807) is 0 Å². The van der Waals surface area contributed by atoms with Gasteiger partial charge in [-0.15, -0.1) is 0 Å². The van der Waals surface area contributed by atoms with Gasteiger partial charge < -0.3 is 10.1 Å². The Kier molecular flexibility index (Phi) is 5.20. The van der Waals surface area contributed by atoms with E-state index in [0.29, 0.717) is 0 Å². The molecule has 0 bridgehead atoms. The molecular weight excluding hydrogens is 367 g/mol. The van der Waals surface area contributed by atoms with Crippen molar-refractivity contribution in [1.82, 2.24) is 0 Å².